The first kappa shape index (κ1) is 11.1. The molecule has 1 N–H and O–H groups in total. The lowest BCUT2D eigenvalue weighted by Gasteiger charge is -2.04. The lowest BCUT2D eigenvalue weighted by atomic mass is 10.2. The number of aryl methyl sites for hydroxylation is 2. The van der Waals surface area contributed by atoms with Crippen molar-refractivity contribution >= 4 is 5.95 Å². The highest BCUT2D eigenvalue weighted by molar-refractivity contribution is 5.27. The van der Waals surface area contributed by atoms with Crippen LogP contribution in [0.5, 0.6) is 0 Å². The van der Waals surface area contributed by atoms with E-state index in [-0.39, 0.29) is 0 Å². The van der Waals surface area contributed by atoms with Gasteiger partial charge in [-0.2, -0.15) is 0 Å². The van der Waals surface area contributed by atoms with Crippen LogP contribution in [0.25, 0.3) is 0 Å². The van der Waals surface area contributed by atoms with Crippen LogP contribution in [0.15, 0.2) is 6.20 Å². The molecule has 1 aromatic rings. The molecule has 0 amide bonds. The van der Waals surface area contributed by atoms with Crippen LogP contribution < -0.4 is 5.32 Å². The van der Waals surface area contributed by atoms with Gasteiger partial charge < -0.3 is 9.88 Å². The van der Waals surface area contributed by atoms with Gasteiger partial charge in [0.1, 0.15) is 0 Å². The molecule has 1 heterocycles. The predicted molar refractivity (Wildman–Crippen MR) is 60.6 cm³/mol. The average molecular weight is 195 g/mol. The minimum atomic E-state index is 0.985. The van der Waals surface area contributed by atoms with Crippen molar-refractivity contribution in [3.05, 3.63) is 11.9 Å². The second kappa shape index (κ2) is 5.68. The topological polar surface area (TPSA) is 29.9 Å². The summed E-state index contributed by atoms with van der Waals surface area (Å²) in [5, 5.41) is 3.34. The van der Waals surface area contributed by atoms with Crippen LogP contribution in [0.2, 0.25) is 0 Å². The first-order valence-electron chi connectivity index (χ1n) is 5.48. The molecule has 0 aliphatic rings. The summed E-state index contributed by atoms with van der Waals surface area (Å²) in [6.07, 6.45) is 7.21. The predicted octanol–water partition coefficient (Wildman–Crippen LogP) is 2.72. The Morgan fingerprint density at radius 3 is 2.71 bits per heavy atom. The minimum absolute atomic E-state index is 0.985. The Labute approximate surface area is 86.5 Å². The van der Waals surface area contributed by atoms with E-state index in [0.29, 0.717) is 0 Å². The van der Waals surface area contributed by atoms with Gasteiger partial charge in [0.25, 0.3) is 0 Å². The molecule has 1 aromatic heterocycles. The molecule has 0 saturated carbocycles. The highest BCUT2D eigenvalue weighted by Crippen LogP contribution is 2.06. The SMILES string of the molecule is CCCCCCNc1nc(C)cn1C. The van der Waals surface area contributed by atoms with Gasteiger partial charge in [0, 0.05) is 19.8 Å². The van der Waals surface area contributed by atoms with Gasteiger partial charge in [-0.3, -0.25) is 0 Å². The Kier molecular flexibility index (Phi) is 4.50. The largest absolute Gasteiger partial charge is 0.356 e. The number of hydrogen-bond acceptors (Lipinski definition) is 2. The van der Waals surface area contributed by atoms with Crippen LogP contribution in [0.1, 0.15) is 38.3 Å². The van der Waals surface area contributed by atoms with E-state index in [2.05, 4.69) is 17.2 Å². The van der Waals surface area contributed by atoms with Gasteiger partial charge in [-0.1, -0.05) is 26.2 Å². The number of nitrogens with zero attached hydrogens (tertiary/aromatic N) is 2. The Morgan fingerprint density at radius 2 is 2.14 bits per heavy atom. The van der Waals surface area contributed by atoms with Crippen molar-refractivity contribution < 1.29 is 0 Å². The zero-order valence-corrected chi connectivity index (χ0v) is 9.51. The van der Waals surface area contributed by atoms with Crippen molar-refractivity contribution in [3.63, 3.8) is 0 Å². The third-order valence-corrected chi connectivity index (χ3v) is 2.31. The number of imidazole rings is 1. The van der Waals surface area contributed by atoms with E-state index >= 15 is 0 Å². The molecular formula is C11H21N3. The molecule has 0 saturated heterocycles. The molecule has 3 heteroatoms. The third kappa shape index (κ3) is 3.40. The van der Waals surface area contributed by atoms with Crippen molar-refractivity contribution in [2.45, 2.75) is 39.5 Å². The number of unbranched alkanes of at least 4 members (excludes halogenated alkanes) is 3. The summed E-state index contributed by atoms with van der Waals surface area (Å²) in [6.45, 7) is 5.28. The lowest BCUT2D eigenvalue weighted by molar-refractivity contribution is 0.681. The molecule has 0 aromatic carbocycles. The van der Waals surface area contributed by atoms with Crippen molar-refractivity contribution in [2.75, 3.05) is 11.9 Å². The molecule has 0 radical (unpaired) electrons. The minimum Gasteiger partial charge on any atom is -0.356 e. The standard InChI is InChI=1S/C11H21N3/c1-4-5-6-7-8-12-11-13-10(2)9-14(11)3/h9H,4-8H2,1-3H3,(H,12,13). The number of hydrogen-bond donors (Lipinski definition) is 1. The Bertz CT molecular complexity index is 265. The molecule has 0 bridgehead atoms. The fraction of sp³-hybridized carbons (Fsp3) is 0.727. The molecule has 0 aliphatic carbocycles. The summed E-state index contributed by atoms with van der Waals surface area (Å²) >= 11 is 0. The molecule has 3 nitrogen and oxygen atoms in total. The number of rotatable bonds is 6. The summed E-state index contributed by atoms with van der Waals surface area (Å²) in [6, 6.07) is 0. The summed E-state index contributed by atoms with van der Waals surface area (Å²) in [5.74, 6) is 0.985. The van der Waals surface area contributed by atoms with Crippen molar-refractivity contribution in [3.8, 4) is 0 Å². The molecule has 0 aliphatic heterocycles. The second-order valence-electron chi connectivity index (χ2n) is 3.80. The molecule has 0 spiro atoms. The number of nitrogens with one attached hydrogen (secondary N) is 1. The summed E-state index contributed by atoms with van der Waals surface area (Å²) in [4.78, 5) is 4.38. The molecule has 0 fully saturated rings. The van der Waals surface area contributed by atoms with E-state index < -0.39 is 0 Å². The van der Waals surface area contributed by atoms with Crippen LogP contribution in [-0.4, -0.2) is 16.1 Å². The highest BCUT2D eigenvalue weighted by atomic mass is 15.2. The zero-order valence-electron chi connectivity index (χ0n) is 9.51. The molecule has 0 unspecified atom stereocenters. The molecule has 14 heavy (non-hydrogen) atoms. The van der Waals surface area contributed by atoms with E-state index in [0.717, 1.165) is 18.2 Å². The third-order valence-electron chi connectivity index (χ3n) is 2.31. The fourth-order valence-electron chi connectivity index (χ4n) is 1.53. The fourth-order valence-corrected chi connectivity index (χ4v) is 1.53. The molecule has 0 atom stereocenters. The number of anilines is 1. The van der Waals surface area contributed by atoms with Crippen LogP contribution in [-0.2, 0) is 7.05 Å². The summed E-state index contributed by atoms with van der Waals surface area (Å²) in [7, 11) is 2.02. The zero-order chi connectivity index (χ0) is 10.4. The number of aromatic nitrogens is 2. The monoisotopic (exact) mass is 195 g/mol. The van der Waals surface area contributed by atoms with Crippen molar-refractivity contribution in [2.24, 2.45) is 7.05 Å². The summed E-state index contributed by atoms with van der Waals surface area (Å²) in [5.41, 5.74) is 1.07. The maximum Gasteiger partial charge on any atom is 0.202 e. The van der Waals surface area contributed by atoms with E-state index in [4.69, 9.17) is 0 Å². The van der Waals surface area contributed by atoms with Crippen LogP contribution in [0.4, 0.5) is 5.95 Å². The van der Waals surface area contributed by atoms with Gasteiger partial charge in [0.05, 0.1) is 5.69 Å². The van der Waals surface area contributed by atoms with E-state index in [1.54, 1.807) is 0 Å². The first-order chi connectivity index (χ1) is 6.74. The van der Waals surface area contributed by atoms with Crippen LogP contribution >= 0.6 is 0 Å². The van der Waals surface area contributed by atoms with Crippen molar-refractivity contribution in [1.29, 1.82) is 0 Å². The second-order valence-corrected chi connectivity index (χ2v) is 3.80. The smallest absolute Gasteiger partial charge is 0.202 e. The van der Waals surface area contributed by atoms with Gasteiger partial charge in [-0.15, -0.1) is 0 Å². The van der Waals surface area contributed by atoms with Crippen molar-refractivity contribution in [1.82, 2.24) is 9.55 Å². The highest BCUT2D eigenvalue weighted by Gasteiger charge is 1.99. The quantitative estimate of drug-likeness (QED) is 0.707. The van der Waals surface area contributed by atoms with Crippen LogP contribution in [0, 0.1) is 6.92 Å². The Balaban J connectivity index is 2.21. The summed E-state index contributed by atoms with van der Waals surface area (Å²) < 4.78 is 2.04. The average Bonchev–Trinajstić information content (AvgIpc) is 2.45. The normalized spacial score (nSPS) is 10.5. The maximum absolute atomic E-state index is 4.38. The van der Waals surface area contributed by atoms with Crippen LogP contribution in [0.3, 0.4) is 0 Å². The van der Waals surface area contributed by atoms with E-state index in [9.17, 15) is 0 Å². The van der Waals surface area contributed by atoms with E-state index in [1.165, 1.54) is 25.7 Å². The first-order valence-corrected chi connectivity index (χ1v) is 5.48. The van der Waals surface area contributed by atoms with E-state index in [1.807, 2.05) is 24.7 Å². The Morgan fingerprint density at radius 1 is 1.36 bits per heavy atom. The Hall–Kier alpha value is -0.990. The van der Waals surface area contributed by atoms with Gasteiger partial charge in [0.15, 0.2) is 0 Å². The van der Waals surface area contributed by atoms with Gasteiger partial charge in [0.2, 0.25) is 5.95 Å². The maximum atomic E-state index is 4.38. The van der Waals surface area contributed by atoms with Gasteiger partial charge in [-0.05, 0) is 13.3 Å². The van der Waals surface area contributed by atoms with Gasteiger partial charge >= 0.3 is 0 Å². The molecule has 1 rings (SSSR count). The molecule has 80 valence electrons. The molecular weight excluding hydrogens is 174 g/mol. The lowest BCUT2D eigenvalue weighted by Crippen LogP contribution is -2.06. The van der Waals surface area contributed by atoms with Gasteiger partial charge in [-0.25, -0.2) is 4.98 Å².